The van der Waals surface area contributed by atoms with Gasteiger partial charge in [0.15, 0.2) is 0 Å². The van der Waals surface area contributed by atoms with Gasteiger partial charge in [-0.2, -0.15) is 0 Å². The van der Waals surface area contributed by atoms with Gasteiger partial charge in [0, 0.05) is 11.9 Å². The Labute approximate surface area is 149 Å². The summed E-state index contributed by atoms with van der Waals surface area (Å²) >= 11 is 1.41. The predicted molar refractivity (Wildman–Crippen MR) is 97.8 cm³/mol. The number of hydrogen-bond acceptors (Lipinski definition) is 4. The molecule has 0 aliphatic heterocycles. The Hall–Kier alpha value is -2.47. The Morgan fingerprint density at radius 1 is 1.16 bits per heavy atom. The van der Waals surface area contributed by atoms with Crippen LogP contribution in [0.15, 0.2) is 53.6 Å². The molecule has 4 nitrogen and oxygen atoms in total. The van der Waals surface area contributed by atoms with Crippen LogP contribution in [0.3, 0.4) is 0 Å². The van der Waals surface area contributed by atoms with E-state index in [9.17, 15) is 9.18 Å². The number of aryl methyl sites for hydroxylation is 1. The lowest BCUT2D eigenvalue weighted by atomic mass is 10.2. The zero-order chi connectivity index (χ0) is 17.8. The Bertz CT molecular complexity index is 899. The van der Waals surface area contributed by atoms with Crippen molar-refractivity contribution in [2.24, 2.45) is 0 Å². The van der Waals surface area contributed by atoms with Crippen molar-refractivity contribution < 1.29 is 9.18 Å². The molecule has 1 aromatic heterocycles. The van der Waals surface area contributed by atoms with Gasteiger partial charge in [-0.25, -0.2) is 14.4 Å². The van der Waals surface area contributed by atoms with Crippen molar-refractivity contribution in [2.45, 2.75) is 30.7 Å². The summed E-state index contributed by atoms with van der Waals surface area (Å²) in [6.45, 7) is 4.06. The molecule has 1 atom stereocenters. The number of para-hydroxylation sites is 1. The summed E-state index contributed by atoms with van der Waals surface area (Å²) in [7, 11) is 0. The molecule has 3 aromatic rings. The topological polar surface area (TPSA) is 54.9 Å². The normalized spacial score (nSPS) is 12.1. The number of nitrogens with one attached hydrogen (secondary N) is 1. The molecule has 1 amide bonds. The minimum absolute atomic E-state index is 0.0883. The molecule has 1 heterocycles. The molecule has 0 aliphatic rings. The maximum absolute atomic E-state index is 12.9. The number of rotatable bonds is 5. The van der Waals surface area contributed by atoms with Crippen molar-refractivity contribution in [3.8, 4) is 0 Å². The number of carbonyl (C=O) groups excluding carboxylic acids is 1. The minimum Gasteiger partial charge on any atom is -0.351 e. The predicted octanol–water partition coefficient (Wildman–Crippen LogP) is 3.87. The maximum atomic E-state index is 12.9. The first kappa shape index (κ1) is 17.4. The molecular formula is C19H18FN3OS. The average Bonchev–Trinajstić information content (AvgIpc) is 2.60. The third kappa shape index (κ3) is 4.33. The van der Waals surface area contributed by atoms with Crippen LogP contribution in [0, 0.1) is 12.7 Å². The Morgan fingerprint density at radius 2 is 1.88 bits per heavy atom. The highest BCUT2D eigenvalue weighted by atomic mass is 32.2. The Balaban J connectivity index is 1.68. The van der Waals surface area contributed by atoms with Crippen molar-refractivity contribution in [3.63, 3.8) is 0 Å². The van der Waals surface area contributed by atoms with E-state index < -0.39 is 0 Å². The monoisotopic (exact) mass is 355 g/mol. The smallest absolute Gasteiger partial charge is 0.233 e. The van der Waals surface area contributed by atoms with Crippen LogP contribution in [0.4, 0.5) is 4.39 Å². The molecule has 6 heteroatoms. The molecule has 0 unspecified atom stereocenters. The first-order valence-corrected chi connectivity index (χ1v) is 8.83. The number of fused-ring (bicyclic) bond motifs is 1. The fourth-order valence-corrected chi connectivity index (χ4v) is 3.41. The van der Waals surface area contributed by atoms with E-state index in [1.54, 1.807) is 12.1 Å². The molecule has 0 bridgehead atoms. The van der Waals surface area contributed by atoms with E-state index in [1.165, 1.54) is 23.9 Å². The van der Waals surface area contributed by atoms with Gasteiger partial charge in [-0.15, -0.1) is 0 Å². The fourth-order valence-electron chi connectivity index (χ4n) is 2.40. The summed E-state index contributed by atoms with van der Waals surface area (Å²) in [5, 5.41) is 4.31. The number of carbonyl (C=O) groups is 1. The summed E-state index contributed by atoms with van der Waals surface area (Å²) in [5.74, 6) is 0.305. The number of thioether (sulfide) groups is 1. The average molecular weight is 355 g/mol. The highest BCUT2D eigenvalue weighted by Gasteiger charge is 2.17. The summed E-state index contributed by atoms with van der Waals surface area (Å²) in [5.41, 5.74) is 1.73. The van der Waals surface area contributed by atoms with Crippen molar-refractivity contribution in [1.29, 1.82) is 0 Å². The molecular weight excluding hydrogens is 337 g/mol. The third-order valence-corrected chi connectivity index (χ3v) is 4.82. The number of hydrogen-bond donors (Lipinski definition) is 1. The first-order chi connectivity index (χ1) is 12.0. The van der Waals surface area contributed by atoms with E-state index in [4.69, 9.17) is 0 Å². The summed E-state index contributed by atoms with van der Waals surface area (Å²) in [6.07, 6.45) is 0. The molecule has 0 saturated carbocycles. The molecule has 3 rings (SSSR count). The van der Waals surface area contributed by atoms with Gasteiger partial charge in [0.05, 0.1) is 10.8 Å². The van der Waals surface area contributed by atoms with Crippen LogP contribution in [0.5, 0.6) is 0 Å². The quantitative estimate of drug-likeness (QED) is 0.557. The van der Waals surface area contributed by atoms with E-state index in [0.29, 0.717) is 12.4 Å². The van der Waals surface area contributed by atoms with E-state index in [-0.39, 0.29) is 17.0 Å². The van der Waals surface area contributed by atoms with Crippen molar-refractivity contribution in [3.05, 3.63) is 65.7 Å². The molecule has 1 N–H and O–H groups in total. The highest BCUT2D eigenvalue weighted by Crippen LogP contribution is 2.28. The van der Waals surface area contributed by atoms with Crippen LogP contribution in [0.2, 0.25) is 0 Å². The number of halogens is 1. The van der Waals surface area contributed by atoms with Gasteiger partial charge in [-0.05, 0) is 37.6 Å². The van der Waals surface area contributed by atoms with Crippen molar-refractivity contribution in [2.75, 3.05) is 0 Å². The van der Waals surface area contributed by atoms with Crippen molar-refractivity contribution >= 4 is 28.6 Å². The van der Waals surface area contributed by atoms with E-state index in [0.717, 1.165) is 21.5 Å². The molecule has 128 valence electrons. The minimum atomic E-state index is -0.307. The summed E-state index contributed by atoms with van der Waals surface area (Å²) < 4.78 is 12.9. The zero-order valence-corrected chi connectivity index (χ0v) is 14.8. The van der Waals surface area contributed by atoms with Crippen LogP contribution in [-0.2, 0) is 11.3 Å². The SMILES string of the molecule is Cc1nc(S[C@@H](C)C(=O)NCc2ccc(F)cc2)c2ccccc2n1. The van der Waals surface area contributed by atoms with Gasteiger partial charge in [0.25, 0.3) is 0 Å². The maximum Gasteiger partial charge on any atom is 0.233 e. The van der Waals surface area contributed by atoms with Crippen LogP contribution < -0.4 is 5.32 Å². The van der Waals surface area contributed by atoms with Gasteiger partial charge in [0.2, 0.25) is 5.91 Å². The van der Waals surface area contributed by atoms with Crippen molar-refractivity contribution in [1.82, 2.24) is 15.3 Å². The van der Waals surface area contributed by atoms with E-state index in [2.05, 4.69) is 15.3 Å². The van der Waals surface area contributed by atoms with Crippen LogP contribution >= 0.6 is 11.8 Å². The lowest BCUT2D eigenvalue weighted by Gasteiger charge is -2.13. The second kappa shape index (κ2) is 7.61. The Kier molecular flexibility index (Phi) is 5.28. The van der Waals surface area contributed by atoms with Gasteiger partial charge >= 0.3 is 0 Å². The molecule has 25 heavy (non-hydrogen) atoms. The molecule has 0 saturated heterocycles. The van der Waals surface area contributed by atoms with Gasteiger partial charge in [-0.3, -0.25) is 4.79 Å². The van der Waals surface area contributed by atoms with Crippen LogP contribution in [0.25, 0.3) is 10.9 Å². The zero-order valence-electron chi connectivity index (χ0n) is 14.0. The second-order valence-corrected chi connectivity index (χ2v) is 7.03. The number of benzene rings is 2. The summed E-state index contributed by atoms with van der Waals surface area (Å²) in [4.78, 5) is 21.3. The largest absolute Gasteiger partial charge is 0.351 e. The number of aromatic nitrogens is 2. The van der Waals surface area contributed by atoms with Crippen LogP contribution in [-0.4, -0.2) is 21.1 Å². The van der Waals surface area contributed by atoms with E-state index in [1.807, 2.05) is 38.1 Å². The summed E-state index contributed by atoms with van der Waals surface area (Å²) in [6, 6.07) is 13.9. The number of amides is 1. The molecule has 0 aliphatic carbocycles. The standard InChI is InChI=1S/C19H18FN3OS/c1-12(18(24)21-11-14-7-9-15(20)10-8-14)25-19-16-5-3-4-6-17(16)22-13(2)23-19/h3-10,12H,11H2,1-2H3,(H,21,24)/t12-/m0/s1. The van der Waals surface area contributed by atoms with Gasteiger partial charge < -0.3 is 5.32 Å². The first-order valence-electron chi connectivity index (χ1n) is 7.95. The second-order valence-electron chi connectivity index (χ2n) is 5.70. The lowest BCUT2D eigenvalue weighted by molar-refractivity contribution is -0.120. The van der Waals surface area contributed by atoms with Gasteiger partial charge in [-0.1, -0.05) is 42.1 Å². The molecule has 0 radical (unpaired) electrons. The fraction of sp³-hybridized carbons (Fsp3) is 0.211. The molecule has 0 spiro atoms. The van der Waals surface area contributed by atoms with Gasteiger partial charge in [0.1, 0.15) is 16.7 Å². The Morgan fingerprint density at radius 3 is 2.64 bits per heavy atom. The van der Waals surface area contributed by atoms with Crippen LogP contribution in [0.1, 0.15) is 18.3 Å². The number of nitrogens with zero attached hydrogens (tertiary/aromatic N) is 2. The lowest BCUT2D eigenvalue weighted by Crippen LogP contribution is -2.30. The van der Waals surface area contributed by atoms with E-state index >= 15 is 0 Å². The third-order valence-electron chi connectivity index (χ3n) is 3.72. The molecule has 2 aromatic carbocycles. The highest BCUT2D eigenvalue weighted by molar-refractivity contribution is 8.00. The molecule has 0 fully saturated rings.